The number of ether oxygens (including phenoxy) is 1. The molecule has 114 valence electrons. The number of thioether (sulfide) groups is 1. The van der Waals surface area contributed by atoms with Gasteiger partial charge in [-0.25, -0.2) is 0 Å². The molecule has 0 spiro atoms. The number of nitrogens with one attached hydrogen (secondary N) is 1. The second-order valence-corrected chi connectivity index (χ2v) is 5.99. The highest BCUT2D eigenvalue weighted by Gasteiger charge is 2.16. The van der Waals surface area contributed by atoms with Crippen LogP contribution < -0.4 is 5.32 Å². The molecule has 1 aliphatic heterocycles. The zero-order valence-corrected chi connectivity index (χ0v) is 12.5. The van der Waals surface area contributed by atoms with Crippen LogP contribution >= 0.6 is 11.8 Å². The Labute approximate surface area is 128 Å². The molecule has 1 aromatic rings. The van der Waals surface area contributed by atoms with E-state index in [1.807, 2.05) is 12.1 Å². The molecule has 1 amide bonds. The van der Waals surface area contributed by atoms with Crippen LogP contribution in [0, 0.1) is 0 Å². The molecule has 1 atom stereocenters. The van der Waals surface area contributed by atoms with Crippen molar-refractivity contribution in [1.82, 2.24) is 5.32 Å². The molecule has 0 saturated carbocycles. The van der Waals surface area contributed by atoms with E-state index in [2.05, 4.69) is 5.32 Å². The third-order valence-electron chi connectivity index (χ3n) is 3.20. The number of rotatable bonds is 7. The Hall–Kier alpha value is -1.53. The van der Waals surface area contributed by atoms with Crippen LogP contribution in [-0.2, 0) is 20.7 Å². The third kappa shape index (κ3) is 5.77. The van der Waals surface area contributed by atoms with Gasteiger partial charge in [0.15, 0.2) is 0 Å². The van der Waals surface area contributed by atoms with Crippen molar-refractivity contribution in [3.8, 4) is 0 Å². The Morgan fingerprint density at radius 1 is 1.33 bits per heavy atom. The Balaban J connectivity index is 1.69. The standard InChI is InChI=1S/C15H19NO4S/c17-14(16-9-12-2-1-7-20-12)10-21-13-5-3-11(4-6-13)8-15(18)19/h3-6,12H,1-2,7-10H2,(H,16,17)(H,18,19). The van der Waals surface area contributed by atoms with Crippen molar-refractivity contribution in [2.24, 2.45) is 0 Å². The summed E-state index contributed by atoms with van der Waals surface area (Å²) in [7, 11) is 0. The molecule has 2 rings (SSSR count). The molecule has 1 saturated heterocycles. The minimum absolute atomic E-state index is 0.00916. The molecule has 1 heterocycles. The van der Waals surface area contributed by atoms with E-state index in [0.29, 0.717) is 12.3 Å². The maximum Gasteiger partial charge on any atom is 0.307 e. The molecule has 1 aromatic carbocycles. The molecule has 6 heteroatoms. The summed E-state index contributed by atoms with van der Waals surface area (Å²) >= 11 is 1.44. The first-order chi connectivity index (χ1) is 10.1. The number of hydrogen-bond donors (Lipinski definition) is 2. The maximum atomic E-state index is 11.7. The van der Waals surface area contributed by atoms with Gasteiger partial charge in [-0.1, -0.05) is 12.1 Å². The third-order valence-corrected chi connectivity index (χ3v) is 4.21. The fourth-order valence-electron chi connectivity index (χ4n) is 2.11. The number of carbonyl (C=O) groups excluding carboxylic acids is 1. The van der Waals surface area contributed by atoms with E-state index in [0.717, 1.165) is 29.9 Å². The van der Waals surface area contributed by atoms with Gasteiger partial charge in [-0.15, -0.1) is 11.8 Å². The fraction of sp³-hybridized carbons (Fsp3) is 0.467. The highest BCUT2D eigenvalue weighted by Crippen LogP contribution is 2.18. The first kappa shape index (κ1) is 15.9. The van der Waals surface area contributed by atoms with Gasteiger partial charge >= 0.3 is 5.97 Å². The van der Waals surface area contributed by atoms with Crippen LogP contribution in [0.15, 0.2) is 29.2 Å². The predicted molar refractivity (Wildman–Crippen MR) is 80.5 cm³/mol. The van der Waals surface area contributed by atoms with Gasteiger partial charge in [-0.2, -0.15) is 0 Å². The average Bonchev–Trinajstić information content (AvgIpc) is 2.97. The van der Waals surface area contributed by atoms with Gasteiger partial charge in [0, 0.05) is 18.0 Å². The van der Waals surface area contributed by atoms with Crippen LogP contribution in [0.1, 0.15) is 18.4 Å². The lowest BCUT2D eigenvalue weighted by atomic mass is 10.2. The number of aliphatic carboxylic acids is 1. The molecule has 1 aliphatic rings. The number of hydrogen-bond acceptors (Lipinski definition) is 4. The zero-order valence-electron chi connectivity index (χ0n) is 11.7. The summed E-state index contributed by atoms with van der Waals surface area (Å²) < 4.78 is 5.44. The number of carbonyl (C=O) groups is 2. The number of carboxylic acid groups (broad SMARTS) is 1. The first-order valence-corrected chi connectivity index (χ1v) is 7.94. The predicted octanol–water partition coefficient (Wildman–Crippen LogP) is 1.70. The van der Waals surface area contributed by atoms with Crippen molar-refractivity contribution in [3.05, 3.63) is 29.8 Å². The fourth-order valence-corrected chi connectivity index (χ4v) is 2.84. The highest BCUT2D eigenvalue weighted by atomic mass is 32.2. The lowest BCUT2D eigenvalue weighted by Crippen LogP contribution is -2.32. The van der Waals surface area contributed by atoms with E-state index in [4.69, 9.17) is 9.84 Å². The molecule has 0 bridgehead atoms. The van der Waals surface area contributed by atoms with Crippen LogP contribution in [0.2, 0.25) is 0 Å². The Kier molecular flexibility index (Phi) is 6.07. The second kappa shape index (κ2) is 8.05. The topological polar surface area (TPSA) is 75.6 Å². The SMILES string of the molecule is O=C(O)Cc1ccc(SCC(=O)NCC2CCCO2)cc1. The van der Waals surface area contributed by atoms with Crippen molar-refractivity contribution in [1.29, 1.82) is 0 Å². The van der Waals surface area contributed by atoms with Crippen LogP contribution in [0.4, 0.5) is 0 Å². The van der Waals surface area contributed by atoms with Crippen molar-refractivity contribution in [2.75, 3.05) is 18.9 Å². The van der Waals surface area contributed by atoms with Crippen LogP contribution in [0.3, 0.4) is 0 Å². The number of carboxylic acids is 1. The molecular formula is C15H19NO4S. The van der Waals surface area contributed by atoms with E-state index < -0.39 is 5.97 Å². The number of amides is 1. The van der Waals surface area contributed by atoms with E-state index in [1.165, 1.54) is 11.8 Å². The lowest BCUT2D eigenvalue weighted by Gasteiger charge is -2.10. The Bertz CT molecular complexity index is 483. The Morgan fingerprint density at radius 2 is 2.10 bits per heavy atom. The summed E-state index contributed by atoms with van der Waals surface area (Å²) in [6, 6.07) is 7.24. The monoisotopic (exact) mass is 309 g/mol. The van der Waals surface area contributed by atoms with Crippen LogP contribution in [-0.4, -0.2) is 42.0 Å². The van der Waals surface area contributed by atoms with Gasteiger partial charge in [0.05, 0.1) is 18.3 Å². The van der Waals surface area contributed by atoms with Gasteiger partial charge in [-0.3, -0.25) is 9.59 Å². The van der Waals surface area contributed by atoms with E-state index in [-0.39, 0.29) is 18.4 Å². The Morgan fingerprint density at radius 3 is 2.71 bits per heavy atom. The summed E-state index contributed by atoms with van der Waals surface area (Å²) in [5.74, 6) is -0.501. The van der Waals surface area contributed by atoms with Gasteiger partial charge in [0.25, 0.3) is 0 Å². The van der Waals surface area contributed by atoms with Gasteiger partial charge < -0.3 is 15.2 Å². The summed E-state index contributed by atoms with van der Waals surface area (Å²) in [5.41, 5.74) is 0.759. The molecule has 2 N–H and O–H groups in total. The molecule has 21 heavy (non-hydrogen) atoms. The summed E-state index contributed by atoms with van der Waals surface area (Å²) in [4.78, 5) is 23.3. The van der Waals surface area contributed by atoms with E-state index >= 15 is 0 Å². The first-order valence-electron chi connectivity index (χ1n) is 6.95. The van der Waals surface area contributed by atoms with Gasteiger partial charge in [0.1, 0.15) is 0 Å². The summed E-state index contributed by atoms with van der Waals surface area (Å²) in [6.07, 6.45) is 2.26. The molecule has 1 unspecified atom stereocenters. The minimum atomic E-state index is -0.844. The minimum Gasteiger partial charge on any atom is -0.481 e. The molecule has 0 aliphatic carbocycles. The summed E-state index contributed by atoms with van der Waals surface area (Å²) in [5, 5.41) is 11.6. The maximum absolute atomic E-state index is 11.7. The summed E-state index contributed by atoms with van der Waals surface area (Å²) in [6.45, 7) is 1.37. The van der Waals surface area contributed by atoms with Crippen molar-refractivity contribution >= 4 is 23.6 Å². The molecule has 0 radical (unpaired) electrons. The largest absolute Gasteiger partial charge is 0.481 e. The molecular weight excluding hydrogens is 290 g/mol. The molecule has 0 aromatic heterocycles. The van der Waals surface area contributed by atoms with Crippen molar-refractivity contribution in [2.45, 2.75) is 30.3 Å². The smallest absolute Gasteiger partial charge is 0.307 e. The van der Waals surface area contributed by atoms with Crippen LogP contribution in [0.5, 0.6) is 0 Å². The van der Waals surface area contributed by atoms with Crippen molar-refractivity contribution < 1.29 is 19.4 Å². The van der Waals surface area contributed by atoms with E-state index in [9.17, 15) is 9.59 Å². The van der Waals surface area contributed by atoms with Crippen LogP contribution in [0.25, 0.3) is 0 Å². The molecule has 5 nitrogen and oxygen atoms in total. The normalized spacial score (nSPS) is 17.6. The lowest BCUT2D eigenvalue weighted by molar-refractivity contribution is -0.136. The number of benzene rings is 1. The molecule has 1 fully saturated rings. The quantitative estimate of drug-likeness (QED) is 0.750. The van der Waals surface area contributed by atoms with Gasteiger partial charge in [0.2, 0.25) is 5.91 Å². The average molecular weight is 309 g/mol. The highest BCUT2D eigenvalue weighted by molar-refractivity contribution is 8.00. The van der Waals surface area contributed by atoms with Crippen molar-refractivity contribution in [3.63, 3.8) is 0 Å². The second-order valence-electron chi connectivity index (χ2n) is 4.94. The van der Waals surface area contributed by atoms with Gasteiger partial charge in [-0.05, 0) is 30.5 Å². The zero-order chi connectivity index (χ0) is 15.1. The van der Waals surface area contributed by atoms with E-state index in [1.54, 1.807) is 12.1 Å².